The van der Waals surface area contributed by atoms with Gasteiger partial charge in [-0.15, -0.1) is 0 Å². The number of thioether (sulfide) groups is 1. The Labute approximate surface area is 224 Å². The third-order valence-electron chi connectivity index (χ3n) is 6.30. The minimum atomic E-state index is -0.565. The van der Waals surface area contributed by atoms with Crippen molar-refractivity contribution in [2.75, 3.05) is 4.90 Å². The van der Waals surface area contributed by atoms with Gasteiger partial charge < -0.3 is 4.90 Å². The molecule has 2 atom stereocenters. The Morgan fingerprint density at radius 1 is 0.816 bits per heavy atom. The van der Waals surface area contributed by atoms with Crippen molar-refractivity contribution in [1.82, 2.24) is 0 Å². The molecule has 4 aromatic rings. The summed E-state index contributed by atoms with van der Waals surface area (Å²) in [6.07, 6.45) is 0. The third-order valence-corrected chi connectivity index (χ3v) is 7.52. The molecule has 1 aliphatic rings. The number of amides is 1. The topological polar surface area (TPSA) is 92.9 Å². The van der Waals surface area contributed by atoms with E-state index in [1.807, 2.05) is 84.6 Å². The number of non-ortho nitro benzene ring substituents is 1. The molecule has 1 amide bonds. The Morgan fingerprint density at radius 2 is 1.42 bits per heavy atom. The van der Waals surface area contributed by atoms with E-state index in [1.165, 1.54) is 36.0 Å². The summed E-state index contributed by atoms with van der Waals surface area (Å²) in [4.78, 5) is 43.9. The lowest BCUT2D eigenvalue weighted by atomic mass is 9.95. The van der Waals surface area contributed by atoms with Crippen LogP contribution in [0.4, 0.5) is 11.4 Å². The lowest BCUT2D eigenvalue weighted by Crippen LogP contribution is -2.33. The summed E-state index contributed by atoms with van der Waals surface area (Å²) in [7, 11) is 0. The van der Waals surface area contributed by atoms with E-state index in [4.69, 9.17) is 0 Å². The molecule has 0 aliphatic carbocycles. The average molecular weight is 522 g/mol. The van der Waals surface area contributed by atoms with Crippen LogP contribution in [-0.4, -0.2) is 27.0 Å². The average Bonchev–Trinajstić information content (AvgIpc) is 3.32. The number of carbonyl (C=O) groups excluding carboxylic acids is 2. The molecule has 0 bridgehead atoms. The molecule has 1 saturated heterocycles. The van der Waals surface area contributed by atoms with Crippen molar-refractivity contribution in [2.24, 2.45) is 4.99 Å². The van der Waals surface area contributed by atoms with Crippen LogP contribution >= 0.6 is 11.8 Å². The lowest BCUT2D eigenvalue weighted by molar-refractivity contribution is -0.384. The zero-order chi connectivity index (χ0) is 26.6. The number of aliphatic imine (C=N–C) groups is 1. The fourth-order valence-corrected chi connectivity index (χ4v) is 5.71. The van der Waals surface area contributed by atoms with E-state index in [9.17, 15) is 19.7 Å². The first kappa shape index (κ1) is 25.1. The molecule has 0 N–H and O–H groups in total. The standard InChI is InChI=1S/C30H23N3O4S/c1-20-12-16-24(17-13-20)32-26(21-8-4-2-5-9-21)28(27(34)22-10-6-3-7-11-22)38-30(32)31-29(35)23-14-18-25(19-15-23)33(36)37/h2-19,26,28H,1H3/t26-,28+/m0/s1. The smallest absolute Gasteiger partial charge is 0.279 e. The second-order valence-electron chi connectivity index (χ2n) is 8.83. The summed E-state index contributed by atoms with van der Waals surface area (Å²) in [6, 6.07) is 31.6. The van der Waals surface area contributed by atoms with E-state index in [0.29, 0.717) is 10.7 Å². The molecular formula is C30H23N3O4S. The summed E-state index contributed by atoms with van der Waals surface area (Å²) in [5.41, 5.74) is 3.50. The number of nitrogens with zero attached hydrogens (tertiary/aromatic N) is 3. The van der Waals surface area contributed by atoms with Crippen LogP contribution in [-0.2, 0) is 0 Å². The van der Waals surface area contributed by atoms with Gasteiger partial charge in [-0.2, -0.15) is 4.99 Å². The number of aryl methyl sites for hydroxylation is 1. The van der Waals surface area contributed by atoms with Gasteiger partial charge in [0.2, 0.25) is 0 Å². The van der Waals surface area contributed by atoms with Crippen LogP contribution in [0.2, 0.25) is 0 Å². The van der Waals surface area contributed by atoms with Crippen molar-refractivity contribution >= 4 is 40.0 Å². The van der Waals surface area contributed by atoms with Crippen LogP contribution in [0.1, 0.15) is 37.9 Å². The Hall–Kier alpha value is -4.56. The summed E-state index contributed by atoms with van der Waals surface area (Å²) >= 11 is 1.25. The van der Waals surface area contributed by atoms with Crippen LogP contribution in [0.15, 0.2) is 114 Å². The van der Waals surface area contributed by atoms with E-state index in [0.717, 1.165) is 16.8 Å². The predicted octanol–water partition coefficient (Wildman–Crippen LogP) is 6.65. The van der Waals surface area contributed by atoms with Crippen LogP contribution in [0.5, 0.6) is 0 Å². The van der Waals surface area contributed by atoms with Gasteiger partial charge in [-0.25, -0.2) is 0 Å². The van der Waals surface area contributed by atoms with Crippen LogP contribution in [0.3, 0.4) is 0 Å². The van der Waals surface area contributed by atoms with E-state index in [-0.39, 0.29) is 17.0 Å². The molecule has 4 aromatic carbocycles. The highest BCUT2D eigenvalue weighted by Crippen LogP contribution is 2.46. The number of hydrogen-bond acceptors (Lipinski definition) is 5. The first-order valence-corrected chi connectivity index (χ1v) is 12.8. The van der Waals surface area contributed by atoms with Crippen molar-refractivity contribution in [2.45, 2.75) is 18.2 Å². The first-order valence-electron chi connectivity index (χ1n) is 12.0. The van der Waals surface area contributed by atoms with Gasteiger partial charge in [0.1, 0.15) is 5.25 Å². The van der Waals surface area contributed by atoms with Crippen LogP contribution < -0.4 is 4.90 Å². The van der Waals surface area contributed by atoms with Crippen molar-refractivity contribution in [3.63, 3.8) is 0 Å². The number of ketones is 1. The zero-order valence-corrected chi connectivity index (χ0v) is 21.2. The van der Waals surface area contributed by atoms with Gasteiger partial charge in [-0.3, -0.25) is 19.7 Å². The Morgan fingerprint density at radius 3 is 2.03 bits per heavy atom. The molecule has 38 heavy (non-hydrogen) atoms. The van der Waals surface area contributed by atoms with E-state index < -0.39 is 22.1 Å². The normalized spacial score (nSPS) is 17.9. The van der Waals surface area contributed by atoms with E-state index >= 15 is 0 Å². The molecule has 0 saturated carbocycles. The Kier molecular flexibility index (Phi) is 7.15. The van der Waals surface area contributed by atoms with Gasteiger partial charge >= 0.3 is 0 Å². The van der Waals surface area contributed by atoms with Crippen molar-refractivity contribution < 1.29 is 14.5 Å². The molecule has 0 spiro atoms. The van der Waals surface area contributed by atoms with Crippen molar-refractivity contribution in [3.8, 4) is 0 Å². The maximum atomic E-state index is 13.8. The first-order chi connectivity index (χ1) is 18.4. The summed E-state index contributed by atoms with van der Waals surface area (Å²) in [5, 5.41) is 10.8. The Balaban J connectivity index is 1.62. The zero-order valence-electron chi connectivity index (χ0n) is 20.4. The summed E-state index contributed by atoms with van der Waals surface area (Å²) in [6.45, 7) is 1.99. The molecule has 1 heterocycles. The second kappa shape index (κ2) is 10.8. The fourth-order valence-electron chi connectivity index (χ4n) is 4.36. The van der Waals surface area contributed by atoms with Gasteiger partial charge in [0, 0.05) is 28.9 Å². The van der Waals surface area contributed by atoms with Gasteiger partial charge in [-0.1, -0.05) is 90.1 Å². The molecule has 188 valence electrons. The number of benzene rings is 4. The van der Waals surface area contributed by atoms with Crippen LogP contribution in [0.25, 0.3) is 0 Å². The molecule has 7 nitrogen and oxygen atoms in total. The van der Waals surface area contributed by atoms with Crippen molar-refractivity contribution in [1.29, 1.82) is 0 Å². The predicted molar refractivity (Wildman–Crippen MR) is 150 cm³/mol. The number of anilines is 1. The second-order valence-corrected chi connectivity index (χ2v) is 9.94. The molecular weight excluding hydrogens is 498 g/mol. The highest BCUT2D eigenvalue weighted by molar-refractivity contribution is 8.15. The number of hydrogen-bond donors (Lipinski definition) is 0. The molecule has 8 heteroatoms. The maximum Gasteiger partial charge on any atom is 0.279 e. The number of nitro benzene ring substituents is 1. The monoisotopic (exact) mass is 521 g/mol. The number of carbonyl (C=O) groups is 2. The third kappa shape index (κ3) is 5.12. The number of amidine groups is 1. The summed E-state index contributed by atoms with van der Waals surface area (Å²) < 4.78 is 0. The maximum absolute atomic E-state index is 13.8. The molecule has 5 rings (SSSR count). The quantitative estimate of drug-likeness (QED) is 0.160. The lowest BCUT2D eigenvalue weighted by Gasteiger charge is -2.29. The van der Waals surface area contributed by atoms with E-state index in [2.05, 4.69) is 4.99 Å². The molecule has 0 unspecified atom stereocenters. The van der Waals surface area contributed by atoms with Gasteiger partial charge in [-0.05, 0) is 36.8 Å². The molecule has 1 aliphatic heterocycles. The number of nitro groups is 1. The van der Waals surface area contributed by atoms with E-state index in [1.54, 1.807) is 12.1 Å². The van der Waals surface area contributed by atoms with Crippen molar-refractivity contribution in [3.05, 3.63) is 142 Å². The van der Waals surface area contributed by atoms with Gasteiger partial charge in [0.05, 0.1) is 11.0 Å². The van der Waals surface area contributed by atoms with Crippen LogP contribution in [0, 0.1) is 17.0 Å². The minimum Gasteiger partial charge on any atom is -0.312 e. The molecule has 0 aromatic heterocycles. The SMILES string of the molecule is Cc1ccc(N2C(=NC(=O)c3ccc([N+](=O)[O-])cc3)S[C@@H](C(=O)c3ccccc3)[C@@H]2c2ccccc2)cc1. The molecule has 1 fully saturated rings. The largest absolute Gasteiger partial charge is 0.312 e. The number of Topliss-reactive ketones (excluding diaryl/α,β-unsaturated/α-hetero) is 1. The highest BCUT2D eigenvalue weighted by atomic mass is 32.2. The van der Waals surface area contributed by atoms with Gasteiger partial charge in [0.15, 0.2) is 11.0 Å². The highest BCUT2D eigenvalue weighted by Gasteiger charge is 2.45. The molecule has 0 radical (unpaired) electrons. The summed E-state index contributed by atoms with van der Waals surface area (Å²) in [5.74, 6) is -0.603. The Bertz CT molecular complexity index is 1510. The fraction of sp³-hybridized carbons (Fsp3) is 0.100. The minimum absolute atomic E-state index is 0.0606. The van der Waals surface area contributed by atoms with Gasteiger partial charge in [0.25, 0.3) is 11.6 Å². The number of rotatable bonds is 6.